The highest BCUT2D eigenvalue weighted by molar-refractivity contribution is 6.08. The van der Waals surface area contributed by atoms with Crippen LogP contribution in [0.5, 0.6) is 5.75 Å². The van der Waals surface area contributed by atoms with Gasteiger partial charge in [0.05, 0.1) is 0 Å². The molecule has 0 radical (unpaired) electrons. The van der Waals surface area contributed by atoms with Crippen LogP contribution in [0.3, 0.4) is 0 Å². The lowest BCUT2D eigenvalue weighted by molar-refractivity contribution is -0.138. The van der Waals surface area contributed by atoms with Crippen molar-refractivity contribution >= 4 is 11.7 Å². The Labute approximate surface area is 148 Å². The molecule has 0 aromatic heterocycles. The third kappa shape index (κ3) is 4.27. The lowest BCUT2D eigenvalue weighted by atomic mass is 10.0. The number of hydrogen-bond donors (Lipinski definition) is 0. The first-order chi connectivity index (χ1) is 12.1. The van der Waals surface area contributed by atoms with Crippen molar-refractivity contribution in [3.63, 3.8) is 0 Å². The number of carbonyl (C=O) groups is 2. The van der Waals surface area contributed by atoms with Gasteiger partial charge in [-0.3, -0.25) is 9.59 Å². The maximum atomic E-state index is 12.4. The van der Waals surface area contributed by atoms with Gasteiger partial charge in [-0.05, 0) is 50.5 Å². The van der Waals surface area contributed by atoms with E-state index >= 15 is 0 Å². The second-order valence-electron chi connectivity index (χ2n) is 6.37. The van der Waals surface area contributed by atoms with Crippen molar-refractivity contribution < 1.29 is 14.3 Å². The van der Waals surface area contributed by atoms with E-state index in [9.17, 15) is 9.59 Å². The van der Waals surface area contributed by atoms with Gasteiger partial charge in [-0.2, -0.15) is 0 Å². The smallest absolute Gasteiger partial charge is 0.263 e. The van der Waals surface area contributed by atoms with Gasteiger partial charge in [-0.25, -0.2) is 0 Å². The van der Waals surface area contributed by atoms with Gasteiger partial charge in [-0.1, -0.05) is 30.3 Å². The highest BCUT2D eigenvalue weighted by Crippen LogP contribution is 2.18. The fourth-order valence-corrected chi connectivity index (χ4v) is 3.07. The first-order valence-corrected chi connectivity index (χ1v) is 8.80. The van der Waals surface area contributed by atoms with E-state index in [1.54, 1.807) is 43.3 Å². The maximum Gasteiger partial charge on any atom is 0.263 e. The number of amides is 1. The molecule has 1 amide bonds. The van der Waals surface area contributed by atoms with E-state index in [-0.39, 0.29) is 11.7 Å². The third-order valence-electron chi connectivity index (χ3n) is 4.48. The molecular formula is C21H23NO3. The van der Waals surface area contributed by atoms with E-state index in [4.69, 9.17) is 4.74 Å². The summed E-state index contributed by atoms with van der Waals surface area (Å²) in [7, 11) is 0. The molecule has 0 unspecified atom stereocenters. The molecule has 1 aliphatic rings. The zero-order valence-electron chi connectivity index (χ0n) is 14.5. The highest BCUT2D eigenvalue weighted by Gasteiger charge is 2.23. The van der Waals surface area contributed by atoms with Crippen LogP contribution in [0.4, 0.5) is 0 Å². The number of nitrogens with zero attached hydrogens (tertiary/aromatic N) is 1. The number of piperidine rings is 1. The quantitative estimate of drug-likeness (QED) is 0.782. The van der Waals surface area contributed by atoms with Crippen molar-refractivity contribution in [3.05, 3.63) is 65.7 Å². The number of ketones is 1. The average molecular weight is 337 g/mol. The molecule has 1 aliphatic heterocycles. The first kappa shape index (κ1) is 17.2. The predicted molar refractivity (Wildman–Crippen MR) is 96.8 cm³/mol. The summed E-state index contributed by atoms with van der Waals surface area (Å²) in [6.45, 7) is 3.41. The highest BCUT2D eigenvalue weighted by atomic mass is 16.5. The normalized spacial score (nSPS) is 15.5. The average Bonchev–Trinajstić information content (AvgIpc) is 2.68. The summed E-state index contributed by atoms with van der Waals surface area (Å²) in [5.41, 5.74) is 1.26. The van der Waals surface area contributed by atoms with Gasteiger partial charge in [0.25, 0.3) is 5.91 Å². The van der Waals surface area contributed by atoms with Gasteiger partial charge in [0.15, 0.2) is 11.9 Å². The van der Waals surface area contributed by atoms with Crippen LogP contribution in [-0.2, 0) is 4.79 Å². The minimum absolute atomic E-state index is 0.0235. The lowest BCUT2D eigenvalue weighted by Gasteiger charge is -2.29. The van der Waals surface area contributed by atoms with Crippen molar-refractivity contribution in [2.24, 2.45) is 0 Å². The van der Waals surface area contributed by atoms with E-state index in [0.717, 1.165) is 25.9 Å². The Kier molecular flexibility index (Phi) is 5.49. The fourth-order valence-electron chi connectivity index (χ4n) is 3.07. The van der Waals surface area contributed by atoms with E-state index in [0.29, 0.717) is 16.9 Å². The molecule has 0 aliphatic carbocycles. The molecule has 4 heteroatoms. The molecule has 0 spiro atoms. The molecule has 25 heavy (non-hydrogen) atoms. The SMILES string of the molecule is C[C@@H](Oc1ccc(C(=O)c2ccccc2)cc1)C(=O)N1CCCCC1. The molecule has 1 atom stereocenters. The van der Waals surface area contributed by atoms with Gasteiger partial charge in [0.2, 0.25) is 0 Å². The van der Waals surface area contributed by atoms with Gasteiger partial charge in [0, 0.05) is 24.2 Å². The Morgan fingerprint density at radius 1 is 0.880 bits per heavy atom. The molecule has 2 aromatic carbocycles. The molecule has 2 aromatic rings. The summed E-state index contributed by atoms with van der Waals surface area (Å²) in [5, 5.41) is 0. The maximum absolute atomic E-state index is 12.4. The molecule has 3 rings (SSSR count). The van der Waals surface area contributed by atoms with E-state index in [1.165, 1.54) is 6.42 Å². The second kappa shape index (κ2) is 7.97. The first-order valence-electron chi connectivity index (χ1n) is 8.80. The molecular weight excluding hydrogens is 314 g/mol. The van der Waals surface area contributed by atoms with Gasteiger partial charge >= 0.3 is 0 Å². The Hall–Kier alpha value is -2.62. The van der Waals surface area contributed by atoms with Crippen LogP contribution < -0.4 is 4.74 Å². The zero-order valence-corrected chi connectivity index (χ0v) is 14.5. The van der Waals surface area contributed by atoms with Gasteiger partial charge in [-0.15, -0.1) is 0 Å². The number of benzene rings is 2. The zero-order chi connectivity index (χ0) is 17.6. The summed E-state index contributed by atoms with van der Waals surface area (Å²) in [6.07, 6.45) is 2.80. The summed E-state index contributed by atoms with van der Waals surface area (Å²) in [6, 6.07) is 16.1. The van der Waals surface area contributed by atoms with Crippen LogP contribution in [0.15, 0.2) is 54.6 Å². The van der Waals surface area contributed by atoms with Crippen LogP contribution in [-0.4, -0.2) is 35.8 Å². The molecule has 1 heterocycles. The van der Waals surface area contributed by atoms with E-state index in [2.05, 4.69) is 0 Å². The Morgan fingerprint density at radius 3 is 2.12 bits per heavy atom. The Balaban J connectivity index is 1.62. The summed E-state index contributed by atoms with van der Waals surface area (Å²) in [4.78, 5) is 26.7. The standard InChI is InChI=1S/C21H23NO3/c1-16(21(24)22-14-6-3-7-15-22)25-19-12-10-18(11-13-19)20(23)17-8-4-2-5-9-17/h2,4-5,8-13,16H,3,6-7,14-15H2,1H3/t16-/m1/s1. The number of ether oxygens (including phenoxy) is 1. The van der Waals surface area contributed by atoms with Crippen molar-refractivity contribution in [1.29, 1.82) is 0 Å². The van der Waals surface area contributed by atoms with Crippen LogP contribution in [0.1, 0.15) is 42.1 Å². The number of hydrogen-bond acceptors (Lipinski definition) is 3. The van der Waals surface area contributed by atoms with Crippen molar-refractivity contribution in [3.8, 4) is 5.75 Å². The van der Waals surface area contributed by atoms with Crippen molar-refractivity contribution in [2.45, 2.75) is 32.3 Å². The largest absolute Gasteiger partial charge is 0.481 e. The molecule has 0 saturated carbocycles. The molecule has 1 saturated heterocycles. The fraction of sp³-hybridized carbons (Fsp3) is 0.333. The number of rotatable bonds is 5. The molecule has 1 fully saturated rings. The minimum Gasteiger partial charge on any atom is -0.481 e. The predicted octanol–water partition coefficient (Wildman–Crippen LogP) is 3.70. The van der Waals surface area contributed by atoms with Crippen LogP contribution in [0.25, 0.3) is 0 Å². The molecule has 0 N–H and O–H groups in total. The monoisotopic (exact) mass is 337 g/mol. The van der Waals surface area contributed by atoms with E-state index < -0.39 is 6.10 Å². The minimum atomic E-state index is -0.520. The van der Waals surface area contributed by atoms with Gasteiger partial charge in [0.1, 0.15) is 5.75 Å². The molecule has 4 nitrogen and oxygen atoms in total. The second-order valence-corrected chi connectivity index (χ2v) is 6.37. The Bertz CT molecular complexity index is 719. The van der Waals surface area contributed by atoms with Crippen LogP contribution >= 0.6 is 0 Å². The van der Waals surface area contributed by atoms with Crippen LogP contribution in [0.2, 0.25) is 0 Å². The molecule has 130 valence electrons. The lowest BCUT2D eigenvalue weighted by Crippen LogP contribution is -2.43. The number of likely N-dealkylation sites (tertiary alicyclic amines) is 1. The molecule has 0 bridgehead atoms. The van der Waals surface area contributed by atoms with Gasteiger partial charge < -0.3 is 9.64 Å². The summed E-state index contributed by atoms with van der Waals surface area (Å²) < 4.78 is 5.77. The number of carbonyl (C=O) groups excluding carboxylic acids is 2. The Morgan fingerprint density at radius 2 is 1.48 bits per heavy atom. The van der Waals surface area contributed by atoms with E-state index in [1.807, 2.05) is 23.1 Å². The summed E-state index contributed by atoms with van der Waals surface area (Å²) >= 11 is 0. The van der Waals surface area contributed by atoms with Crippen molar-refractivity contribution in [2.75, 3.05) is 13.1 Å². The summed E-state index contributed by atoms with van der Waals surface area (Å²) in [5.74, 6) is 0.608. The van der Waals surface area contributed by atoms with Crippen LogP contribution in [0, 0.1) is 0 Å². The topological polar surface area (TPSA) is 46.6 Å². The van der Waals surface area contributed by atoms with Crippen molar-refractivity contribution in [1.82, 2.24) is 4.90 Å². The third-order valence-corrected chi connectivity index (χ3v) is 4.48.